The molecule has 34 heavy (non-hydrogen) atoms. The Kier molecular flexibility index (Phi) is 6.11. The lowest BCUT2D eigenvalue weighted by Crippen LogP contribution is -2.42. The van der Waals surface area contributed by atoms with Crippen LogP contribution in [-0.4, -0.2) is 56.4 Å². The third-order valence-electron chi connectivity index (χ3n) is 7.32. The predicted octanol–water partition coefficient (Wildman–Crippen LogP) is 2.88. The van der Waals surface area contributed by atoms with Crippen LogP contribution in [-0.2, 0) is 10.0 Å². The second-order valence-corrected chi connectivity index (χ2v) is 11.4. The lowest BCUT2D eigenvalue weighted by atomic mass is 9.79. The molecule has 10 heteroatoms. The smallest absolute Gasteiger partial charge is 0.258 e. The van der Waals surface area contributed by atoms with Crippen LogP contribution in [0.1, 0.15) is 42.5 Å². The fraction of sp³-hybridized carbons (Fsp3) is 0.500. The van der Waals surface area contributed by atoms with Gasteiger partial charge < -0.3 is 20.6 Å². The molecule has 1 aromatic heterocycles. The topological polar surface area (TPSA) is 124 Å². The van der Waals surface area contributed by atoms with Gasteiger partial charge >= 0.3 is 0 Å². The number of carbonyl (C=O) groups excluding carboxylic acids is 1. The molecule has 2 aliphatic heterocycles. The molecule has 1 spiro atoms. The summed E-state index contributed by atoms with van der Waals surface area (Å²) in [6.45, 7) is 2.04. The van der Waals surface area contributed by atoms with Crippen molar-refractivity contribution in [1.82, 2.24) is 4.98 Å². The molecule has 1 amide bonds. The van der Waals surface area contributed by atoms with Crippen LogP contribution < -0.4 is 20.3 Å². The van der Waals surface area contributed by atoms with Crippen LogP contribution in [0.4, 0.5) is 23.0 Å². The molecule has 9 nitrogen and oxygen atoms in total. The molecule has 1 aliphatic carbocycles. The first-order valence-corrected chi connectivity index (χ1v) is 13.6. The largest absolute Gasteiger partial charge is 0.395 e. The number of pyridine rings is 1. The highest BCUT2D eigenvalue weighted by molar-refractivity contribution is 7.92. The number of benzene rings is 1. The fourth-order valence-corrected chi connectivity index (χ4v) is 6.13. The van der Waals surface area contributed by atoms with Gasteiger partial charge in [0.05, 0.1) is 29.3 Å². The van der Waals surface area contributed by atoms with Gasteiger partial charge in [0.15, 0.2) is 0 Å². The summed E-state index contributed by atoms with van der Waals surface area (Å²) >= 11 is 0. The van der Waals surface area contributed by atoms with Crippen LogP contribution in [0.3, 0.4) is 0 Å². The zero-order valence-electron chi connectivity index (χ0n) is 19.1. The Morgan fingerprint density at radius 3 is 2.79 bits per heavy atom. The number of hydrogen-bond acceptors (Lipinski definition) is 7. The van der Waals surface area contributed by atoms with Crippen molar-refractivity contribution < 1.29 is 18.3 Å². The van der Waals surface area contributed by atoms with E-state index in [1.165, 1.54) is 12.8 Å². The molecular weight excluding hydrogens is 454 g/mol. The van der Waals surface area contributed by atoms with Crippen LogP contribution >= 0.6 is 0 Å². The number of aliphatic hydroxyl groups excluding tert-OH is 1. The Balaban J connectivity index is 1.52. The minimum absolute atomic E-state index is 0.287. The van der Waals surface area contributed by atoms with E-state index in [2.05, 4.69) is 25.2 Å². The Morgan fingerprint density at radius 2 is 2.00 bits per heavy atom. The number of hydrogen-bond donors (Lipinski definition) is 4. The second kappa shape index (κ2) is 9.07. The quantitative estimate of drug-likeness (QED) is 0.525. The summed E-state index contributed by atoms with van der Waals surface area (Å²) in [5.74, 6) is 1.05. The van der Waals surface area contributed by atoms with E-state index in [-0.39, 0.29) is 11.7 Å². The molecule has 1 atom stereocenters. The molecule has 3 aliphatic rings. The van der Waals surface area contributed by atoms with E-state index < -0.39 is 16.6 Å². The van der Waals surface area contributed by atoms with Gasteiger partial charge in [0.25, 0.3) is 5.91 Å². The third kappa shape index (κ3) is 4.83. The summed E-state index contributed by atoms with van der Waals surface area (Å²) < 4.78 is 27.0. The van der Waals surface area contributed by atoms with E-state index in [4.69, 9.17) is 5.11 Å². The summed E-state index contributed by atoms with van der Waals surface area (Å²) in [4.78, 5) is 20.1. The summed E-state index contributed by atoms with van der Waals surface area (Å²) in [6, 6.07) is 10.5. The molecule has 0 radical (unpaired) electrons. The Labute approximate surface area is 200 Å². The first kappa shape index (κ1) is 22.9. The van der Waals surface area contributed by atoms with Gasteiger partial charge in [-0.2, -0.15) is 0 Å². The first-order valence-electron chi connectivity index (χ1n) is 11.9. The van der Waals surface area contributed by atoms with Gasteiger partial charge in [-0.05, 0) is 73.8 Å². The van der Waals surface area contributed by atoms with Crippen LogP contribution in [0.25, 0.3) is 0 Å². The SMILES string of the molecule is O=C1Nc2cccc(n2)NCCC[C@H]2CN(CCC23CC3)c2cc(NS(=O)(=O)CCO)ccc21. The Bertz CT molecular complexity index is 1180. The number of sulfonamides is 1. The molecule has 1 saturated carbocycles. The lowest BCUT2D eigenvalue weighted by molar-refractivity contribution is 0.102. The Hall–Kier alpha value is -2.85. The lowest BCUT2D eigenvalue weighted by Gasteiger charge is -2.41. The number of nitrogens with zero attached hydrogens (tertiary/aromatic N) is 2. The van der Waals surface area contributed by atoms with Crippen LogP contribution in [0.5, 0.6) is 0 Å². The predicted molar refractivity (Wildman–Crippen MR) is 133 cm³/mol. The fourth-order valence-electron chi connectivity index (χ4n) is 5.30. The molecule has 2 fully saturated rings. The van der Waals surface area contributed by atoms with Crippen molar-refractivity contribution in [2.75, 3.05) is 52.2 Å². The van der Waals surface area contributed by atoms with Crippen molar-refractivity contribution >= 4 is 38.9 Å². The van der Waals surface area contributed by atoms with Crippen molar-refractivity contribution in [2.45, 2.75) is 32.1 Å². The molecule has 3 heterocycles. The minimum Gasteiger partial charge on any atom is -0.395 e. The van der Waals surface area contributed by atoms with Gasteiger partial charge in [-0.15, -0.1) is 0 Å². The maximum atomic E-state index is 13.3. The highest BCUT2D eigenvalue weighted by Crippen LogP contribution is 2.58. The van der Waals surface area contributed by atoms with Crippen molar-refractivity contribution in [2.24, 2.45) is 11.3 Å². The van der Waals surface area contributed by atoms with Crippen LogP contribution in [0, 0.1) is 11.3 Å². The molecule has 4 N–H and O–H groups in total. The summed E-state index contributed by atoms with van der Waals surface area (Å²) in [5, 5.41) is 15.3. The number of anilines is 4. The van der Waals surface area contributed by atoms with Crippen LogP contribution in [0.15, 0.2) is 36.4 Å². The van der Waals surface area contributed by atoms with Crippen LogP contribution in [0.2, 0.25) is 0 Å². The molecule has 0 unspecified atom stereocenters. The molecule has 182 valence electrons. The summed E-state index contributed by atoms with van der Waals surface area (Å²) in [7, 11) is -3.67. The molecule has 1 saturated heterocycles. The number of aliphatic hydroxyl groups is 1. The molecule has 2 aromatic rings. The van der Waals surface area contributed by atoms with Gasteiger partial charge in [0.1, 0.15) is 11.6 Å². The zero-order valence-corrected chi connectivity index (χ0v) is 19.9. The van der Waals surface area contributed by atoms with E-state index >= 15 is 0 Å². The molecule has 4 bridgehead atoms. The number of fused-ring (bicyclic) bond motifs is 7. The van der Waals surface area contributed by atoms with Gasteiger partial charge in [0.2, 0.25) is 10.0 Å². The molecule has 5 rings (SSSR count). The van der Waals surface area contributed by atoms with E-state index in [1.807, 2.05) is 12.1 Å². The van der Waals surface area contributed by atoms with Gasteiger partial charge in [-0.25, -0.2) is 13.4 Å². The third-order valence-corrected chi connectivity index (χ3v) is 8.59. The highest BCUT2D eigenvalue weighted by Gasteiger charge is 2.51. The van der Waals surface area contributed by atoms with Crippen molar-refractivity contribution in [3.05, 3.63) is 42.0 Å². The monoisotopic (exact) mass is 485 g/mol. The number of carbonyl (C=O) groups is 1. The second-order valence-electron chi connectivity index (χ2n) is 9.56. The van der Waals surface area contributed by atoms with E-state index in [0.29, 0.717) is 34.1 Å². The average molecular weight is 486 g/mol. The average Bonchev–Trinajstić information content (AvgIpc) is 3.57. The standard InChI is InChI=1S/C24H31N5O4S/c30-13-14-34(32,33)28-18-6-7-19-20(15-18)29-12-10-24(8-9-24)17(16-29)3-2-11-25-21-4-1-5-22(26-21)27-23(19)31/h1,4-7,15,17,28,30H,2-3,8-14,16H2,(H2,25,26,27,31)/t17-/m0/s1. The minimum atomic E-state index is -3.67. The van der Waals surface area contributed by atoms with Crippen molar-refractivity contribution in [3.8, 4) is 0 Å². The number of nitrogens with one attached hydrogen (secondary N) is 3. The van der Waals surface area contributed by atoms with E-state index in [0.717, 1.165) is 44.7 Å². The van der Waals surface area contributed by atoms with Gasteiger partial charge in [-0.1, -0.05) is 6.07 Å². The maximum absolute atomic E-state index is 13.3. The molecular formula is C24H31N5O4S. The van der Waals surface area contributed by atoms with Gasteiger partial charge in [0, 0.05) is 19.6 Å². The first-order chi connectivity index (χ1) is 16.4. The van der Waals surface area contributed by atoms with Gasteiger partial charge in [-0.3, -0.25) is 9.52 Å². The normalized spacial score (nSPS) is 21.6. The number of amides is 1. The van der Waals surface area contributed by atoms with E-state index in [9.17, 15) is 13.2 Å². The summed E-state index contributed by atoms with van der Waals surface area (Å²) in [5.41, 5.74) is 1.99. The van der Waals surface area contributed by atoms with Crippen molar-refractivity contribution in [1.29, 1.82) is 0 Å². The van der Waals surface area contributed by atoms with Crippen molar-refractivity contribution in [3.63, 3.8) is 0 Å². The summed E-state index contributed by atoms with van der Waals surface area (Å²) in [6.07, 6.45) is 5.72. The highest BCUT2D eigenvalue weighted by atomic mass is 32.2. The number of rotatable bonds is 4. The Morgan fingerprint density at radius 1 is 1.18 bits per heavy atom. The number of aromatic nitrogens is 1. The maximum Gasteiger partial charge on any atom is 0.258 e. The zero-order chi connectivity index (χ0) is 23.8. The number of piperidine rings is 1. The molecule has 1 aromatic carbocycles. The van der Waals surface area contributed by atoms with E-state index in [1.54, 1.807) is 24.3 Å².